The lowest BCUT2D eigenvalue weighted by molar-refractivity contribution is 0.318. The van der Waals surface area contributed by atoms with Gasteiger partial charge in [0, 0.05) is 25.9 Å². The second-order valence-electron chi connectivity index (χ2n) is 5.11. The monoisotopic (exact) mass is 588 g/mol. The Hall–Kier alpha value is -1.03. The van der Waals surface area contributed by atoms with Crippen LogP contribution in [0.4, 0.5) is 0 Å². The van der Waals surface area contributed by atoms with Crippen molar-refractivity contribution in [3.05, 3.63) is 64.8 Å². The van der Waals surface area contributed by atoms with E-state index >= 15 is 0 Å². The van der Waals surface area contributed by atoms with Gasteiger partial charge in [0.2, 0.25) is 11.7 Å². The first-order chi connectivity index (χ1) is 13.1. The number of benzene rings is 2. The number of oxime groups is 1. The van der Waals surface area contributed by atoms with Crippen molar-refractivity contribution in [3.8, 4) is 11.4 Å². The van der Waals surface area contributed by atoms with Gasteiger partial charge < -0.3 is 15.5 Å². The van der Waals surface area contributed by atoms with Gasteiger partial charge in [0.1, 0.15) is 0 Å². The van der Waals surface area contributed by atoms with Crippen LogP contribution in [0.1, 0.15) is 11.5 Å². The summed E-state index contributed by atoms with van der Waals surface area (Å²) in [6.07, 6.45) is 0. The molecule has 0 radical (unpaired) electrons. The van der Waals surface area contributed by atoms with E-state index in [0.29, 0.717) is 47.4 Å². The summed E-state index contributed by atoms with van der Waals surface area (Å²) >= 11 is 30.0. The van der Waals surface area contributed by atoms with Crippen molar-refractivity contribution in [2.45, 2.75) is 6.92 Å². The third-order valence-corrected chi connectivity index (χ3v) is 5.41. The molecule has 6 nitrogen and oxygen atoms in total. The zero-order chi connectivity index (χ0) is 21.0. The molecule has 0 saturated heterocycles. The van der Waals surface area contributed by atoms with Crippen LogP contribution in [-0.2, 0) is 0 Å². The summed E-state index contributed by atoms with van der Waals surface area (Å²) in [4.78, 5) is 4.10. The highest BCUT2D eigenvalue weighted by atomic mass is 79.9. The molecule has 3 aromatic rings. The molecule has 2 aromatic carbocycles. The first kappa shape index (κ1) is 23.3. The summed E-state index contributed by atoms with van der Waals surface area (Å²) < 4.78 is 6.21. The maximum Gasteiger partial charge on any atom is 0.223 e. The highest BCUT2D eigenvalue weighted by Crippen LogP contribution is 2.35. The SMILES string of the molecule is Cc1nc(-c2c(Cl)cc(Cl)cc2Br)no1.NC(=NO)c1c(Cl)cc(Cl)cc1Br. The number of hydrogen-bond acceptors (Lipinski definition) is 5. The van der Waals surface area contributed by atoms with Crippen LogP contribution in [0.15, 0.2) is 42.9 Å². The Morgan fingerprint density at radius 2 is 1.61 bits per heavy atom. The van der Waals surface area contributed by atoms with Crippen molar-refractivity contribution in [1.29, 1.82) is 0 Å². The molecule has 0 bridgehead atoms. The van der Waals surface area contributed by atoms with E-state index in [9.17, 15) is 0 Å². The molecule has 0 fully saturated rings. The molecule has 0 saturated carbocycles. The Morgan fingerprint density at radius 3 is 2.07 bits per heavy atom. The van der Waals surface area contributed by atoms with Gasteiger partial charge in [-0.3, -0.25) is 0 Å². The predicted molar refractivity (Wildman–Crippen MR) is 119 cm³/mol. The van der Waals surface area contributed by atoms with Gasteiger partial charge in [-0.05, 0) is 56.1 Å². The zero-order valence-corrected chi connectivity index (χ0v) is 20.0. The van der Waals surface area contributed by atoms with Gasteiger partial charge >= 0.3 is 0 Å². The molecule has 0 aliphatic heterocycles. The highest BCUT2D eigenvalue weighted by molar-refractivity contribution is 9.11. The van der Waals surface area contributed by atoms with E-state index in [2.05, 4.69) is 47.2 Å². The van der Waals surface area contributed by atoms with Crippen LogP contribution >= 0.6 is 78.3 Å². The van der Waals surface area contributed by atoms with Crippen LogP contribution in [0.5, 0.6) is 0 Å². The number of amidine groups is 1. The van der Waals surface area contributed by atoms with E-state index in [1.54, 1.807) is 25.1 Å². The topological polar surface area (TPSA) is 97.5 Å². The maximum atomic E-state index is 8.46. The number of hydrogen-bond donors (Lipinski definition) is 2. The molecule has 0 aliphatic carbocycles. The molecule has 0 spiro atoms. The molecule has 28 heavy (non-hydrogen) atoms. The third kappa shape index (κ3) is 5.75. The van der Waals surface area contributed by atoms with Crippen LogP contribution in [0.3, 0.4) is 0 Å². The Labute approximate surface area is 196 Å². The molecular formula is C16H10Br2Cl4N4O2. The lowest BCUT2D eigenvalue weighted by Crippen LogP contribution is -2.14. The van der Waals surface area contributed by atoms with E-state index < -0.39 is 0 Å². The number of rotatable bonds is 2. The first-order valence-electron chi connectivity index (χ1n) is 7.21. The average molecular weight is 592 g/mol. The summed E-state index contributed by atoms with van der Waals surface area (Å²) in [7, 11) is 0. The second kappa shape index (κ2) is 10.1. The van der Waals surface area contributed by atoms with Crippen molar-refractivity contribution in [1.82, 2.24) is 10.1 Å². The zero-order valence-electron chi connectivity index (χ0n) is 13.9. The van der Waals surface area contributed by atoms with Crippen LogP contribution in [0.25, 0.3) is 11.4 Å². The summed E-state index contributed by atoms with van der Waals surface area (Å²) in [6, 6.07) is 6.49. The molecule has 148 valence electrons. The maximum absolute atomic E-state index is 8.46. The highest BCUT2D eigenvalue weighted by Gasteiger charge is 2.14. The fourth-order valence-corrected chi connectivity index (χ4v) is 4.95. The van der Waals surface area contributed by atoms with E-state index in [-0.39, 0.29) is 5.84 Å². The summed E-state index contributed by atoms with van der Waals surface area (Å²) in [5.74, 6) is 0.873. The van der Waals surface area contributed by atoms with Crippen LogP contribution in [0, 0.1) is 6.92 Å². The van der Waals surface area contributed by atoms with Gasteiger partial charge in [-0.15, -0.1) is 0 Å². The van der Waals surface area contributed by atoms with Crippen LogP contribution < -0.4 is 5.73 Å². The van der Waals surface area contributed by atoms with Gasteiger partial charge in [-0.2, -0.15) is 4.98 Å². The Morgan fingerprint density at radius 1 is 1.04 bits per heavy atom. The van der Waals surface area contributed by atoms with Crippen LogP contribution in [-0.4, -0.2) is 21.2 Å². The fourth-order valence-electron chi connectivity index (χ4n) is 1.99. The number of halogens is 6. The number of nitrogens with two attached hydrogens (primary N) is 1. The van der Waals surface area contributed by atoms with Gasteiger partial charge in [0.25, 0.3) is 0 Å². The molecule has 3 N–H and O–H groups in total. The molecule has 0 amide bonds. The first-order valence-corrected chi connectivity index (χ1v) is 10.3. The minimum absolute atomic E-state index is 0.0615. The fraction of sp³-hybridized carbons (Fsp3) is 0.0625. The van der Waals surface area contributed by atoms with Gasteiger partial charge in [-0.1, -0.05) is 56.7 Å². The van der Waals surface area contributed by atoms with E-state index in [1.165, 1.54) is 6.07 Å². The predicted octanol–water partition coefficient (Wildman–Crippen LogP) is 6.96. The van der Waals surface area contributed by atoms with Crippen molar-refractivity contribution in [2.24, 2.45) is 10.9 Å². The normalized spacial score (nSPS) is 11.2. The molecule has 0 atom stereocenters. The van der Waals surface area contributed by atoms with E-state index in [4.69, 9.17) is 61.9 Å². The van der Waals surface area contributed by atoms with E-state index in [1.807, 2.05) is 0 Å². The quantitative estimate of drug-likeness (QED) is 0.145. The minimum atomic E-state index is -0.0615. The molecule has 12 heteroatoms. The van der Waals surface area contributed by atoms with Gasteiger partial charge in [-0.25, -0.2) is 0 Å². The molecule has 1 aromatic heterocycles. The number of aryl methyl sites for hydroxylation is 1. The smallest absolute Gasteiger partial charge is 0.223 e. The average Bonchev–Trinajstić information content (AvgIpc) is 2.99. The summed E-state index contributed by atoms with van der Waals surface area (Å²) in [5, 5.41) is 16.9. The lowest BCUT2D eigenvalue weighted by atomic mass is 10.2. The summed E-state index contributed by atoms with van der Waals surface area (Å²) in [5.41, 5.74) is 6.49. The van der Waals surface area contributed by atoms with Crippen molar-refractivity contribution in [3.63, 3.8) is 0 Å². The van der Waals surface area contributed by atoms with E-state index in [0.717, 1.165) is 4.47 Å². The van der Waals surface area contributed by atoms with Crippen molar-refractivity contribution >= 4 is 84.1 Å². The Bertz CT molecular complexity index is 997. The minimum Gasteiger partial charge on any atom is -0.409 e. The van der Waals surface area contributed by atoms with Gasteiger partial charge in [0.15, 0.2) is 5.84 Å². The van der Waals surface area contributed by atoms with Crippen LogP contribution in [0.2, 0.25) is 20.1 Å². The Balaban J connectivity index is 0.000000203. The Kier molecular flexibility index (Phi) is 8.42. The van der Waals surface area contributed by atoms with Gasteiger partial charge in [0.05, 0.1) is 21.2 Å². The number of aromatic nitrogens is 2. The standard InChI is InChI=1S/C9H5BrCl2N2O.C7H5BrCl2N2O/c1-4-13-9(14-15-4)8-6(10)2-5(11)3-7(8)12;8-4-1-3(9)2-5(10)6(4)7(11)12-13/h2-3H,1H3;1-2,13H,(H2,11,12). The third-order valence-electron chi connectivity index (χ3n) is 3.13. The molecule has 0 unspecified atom stereocenters. The second-order valence-corrected chi connectivity index (χ2v) is 8.51. The van der Waals surface area contributed by atoms with Crippen molar-refractivity contribution in [2.75, 3.05) is 0 Å². The van der Waals surface area contributed by atoms with Crippen molar-refractivity contribution < 1.29 is 9.73 Å². The largest absolute Gasteiger partial charge is 0.409 e. The molecular weight excluding hydrogens is 582 g/mol. The molecule has 1 heterocycles. The molecule has 0 aliphatic rings. The molecule has 3 rings (SSSR count). The lowest BCUT2D eigenvalue weighted by Gasteiger charge is -2.05. The number of nitrogens with zero attached hydrogens (tertiary/aromatic N) is 3. The summed E-state index contributed by atoms with van der Waals surface area (Å²) in [6.45, 7) is 1.72.